The van der Waals surface area contributed by atoms with Gasteiger partial charge in [0.2, 0.25) is 5.91 Å². The second-order valence-corrected chi connectivity index (χ2v) is 4.76. The molecule has 2 fully saturated rings. The number of rotatable bonds is 4. The van der Waals surface area contributed by atoms with E-state index in [1.807, 2.05) is 0 Å². The standard InChI is InChI=1S/C12H17NO3/c1-2-5-13-11(14)9-7-3-4-8(6-7)10(9)12(15)16/h2,7-10H,1,3-6H2,(H,13,14)(H,15,16)/t7-,8-,9+,10-/m0/s1. The summed E-state index contributed by atoms with van der Waals surface area (Å²) in [6.07, 6.45) is 4.48. The van der Waals surface area contributed by atoms with E-state index in [0.29, 0.717) is 6.54 Å². The van der Waals surface area contributed by atoms with Crippen molar-refractivity contribution in [3.05, 3.63) is 12.7 Å². The first-order valence-electron chi connectivity index (χ1n) is 5.76. The van der Waals surface area contributed by atoms with Crippen LogP contribution in [0.4, 0.5) is 0 Å². The van der Waals surface area contributed by atoms with Crippen LogP contribution in [0, 0.1) is 23.7 Å². The van der Waals surface area contributed by atoms with Gasteiger partial charge in [-0.3, -0.25) is 9.59 Å². The maximum atomic E-state index is 11.9. The molecular formula is C12H17NO3. The Labute approximate surface area is 94.7 Å². The third-order valence-corrected chi connectivity index (χ3v) is 3.92. The molecule has 2 aliphatic carbocycles. The zero-order chi connectivity index (χ0) is 11.7. The maximum Gasteiger partial charge on any atom is 0.307 e. The lowest BCUT2D eigenvalue weighted by Crippen LogP contribution is -2.41. The van der Waals surface area contributed by atoms with Crippen LogP contribution in [0.5, 0.6) is 0 Å². The molecule has 88 valence electrons. The number of amides is 1. The van der Waals surface area contributed by atoms with E-state index in [1.165, 1.54) is 0 Å². The number of carboxylic acid groups (broad SMARTS) is 1. The van der Waals surface area contributed by atoms with Crippen molar-refractivity contribution in [1.82, 2.24) is 5.32 Å². The minimum Gasteiger partial charge on any atom is -0.481 e. The fourth-order valence-corrected chi connectivity index (χ4v) is 3.31. The molecule has 0 radical (unpaired) electrons. The van der Waals surface area contributed by atoms with E-state index >= 15 is 0 Å². The van der Waals surface area contributed by atoms with Gasteiger partial charge < -0.3 is 10.4 Å². The van der Waals surface area contributed by atoms with Crippen molar-refractivity contribution >= 4 is 11.9 Å². The molecule has 0 heterocycles. The highest BCUT2D eigenvalue weighted by atomic mass is 16.4. The average molecular weight is 223 g/mol. The Bertz CT molecular complexity index is 326. The lowest BCUT2D eigenvalue weighted by Gasteiger charge is -2.26. The molecule has 2 aliphatic rings. The van der Waals surface area contributed by atoms with E-state index in [2.05, 4.69) is 11.9 Å². The van der Waals surface area contributed by atoms with Gasteiger partial charge in [0.15, 0.2) is 0 Å². The van der Waals surface area contributed by atoms with Crippen LogP contribution in [0.2, 0.25) is 0 Å². The Balaban J connectivity index is 2.09. The van der Waals surface area contributed by atoms with E-state index in [1.54, 1.807) is 6.08 Å². The first-order chi connectivity index (χ1) is 7.65. The molecule has 0 saturated heterocycles. The van der Waals surface area contributed by atoms with Crippen LogP contribution < -0.4 is 5.32 Å². The van der Waals surface area contributed by atoms with Crippen molar-refractivity contribution in [3.63, 3.8) is 0 Å². The van der Waals surface area contributed by atoms with Crippen molar-refractivity contribution in [2.45, 2.75) is 19.3 Å². The van der Waals surface area contributed by atoms with Crippen molar-refractivity contribution < 1.29 is 14.7 Å². The number of hydrogen-bond acceptors (Lipinski definition) is 2. The molecule has 0 spiro atoms. The Morgan fingerprint density at radius 1 is 1.31 bits per heavy atom. The Morgan fingerprint density at radius 2 is 1.94 bits per heavy atom. The first kappa shape index (κ1) is 11.2. The van der Waals surface area contributed by atoms with Crippen LogP contribution in [-0.4, -0.2) is 23.5 Å². The Morgan fingerprint density at radius 3 is 2.50 bits per heavy atom. The smallest absolute Gasteiger partial charge is 0.307 e. The van der Waals surface area contributed by atoms with Crippen molar-refractivity contribution in [2.75, 3.05) is 6.54 Å². The number of carbonyl (C=O) groups excluding carboxylic acids is 1. The molecule has 4 nitrogen and oxygen atoms in total. The summed E-state index contributed by atoms with van der Waals surface area (Å²) in [7, 11) is 0. The lowest BCUT2D eigenvalue weighted by molar-refractivity contribution is -0.149. The topological polar surface area (TPSA) is 66.4 Å². The number of nitrogens with one attached hydrogen (secondary N) is 1. The molecule has 2 rings (SSSR count). The maximum absolute atomic E-state index is 11.9. The molecule has 2 saturated carbocycles. The first-order valence-corrected chi connectivity index (χ1v) is 5.76. The third-order valence-electron chi connectivity index (χ3n) is 3.92. The molecule has 0 unspecified atom stereocenters. The summed E-state index contributed by atoms with van der Waals surface area (Å²) in [5, 5.41) is 11.9. The molecule has 16 heavy (non-hydrogen) atoms. The van der Waals surface area contributed by atoms with Crippen molar-refractivity contribution in [3.8, 4) is 0 Å². The molecule has 2 bridgehead atoms. The normalized spacial score (nSPS) is 36.0. The van der Waals surface area contributed by atoms with Gasteiger partial charge in [-0.05, 0) is 31.1 Å². The van der Waals surface area contributed by atoms with Crippen LogP contribution >= 0.6 is 0 Å². The molecule has 2 N–H and O–H groups in total. The zero-order valence-electron chi connectivity index (χ0n) is 9.19. The lowest BCUT2D eigenvalue weighted by atomic mass is 9.79. The monoisotopic (exact) mass is 223 g/mol. The molecule has 0 aliphatic heterocycles. The van der Waals surface area contributed by atoms with E-state index in [0.717, 1.165) is 19.3 Å². The number of fused-ring (bicyclic) bond motifs is 2. The second-order valence-electron chi connectivity index (χ2n) is 4.76. The van der Waals surface area contributed by atoms with Gasteiger partial charge >= 0.3 is 5.97 Å². The molecule has 4 atom stereocenters. The SMILES string of the molecule is C=CCNC(=O)[C@@H]1[C@H]2CC[C@@H](C2)[C@@H]1C(=O)O. The molecular weight excluding hydrogens is 206 g/mol. The highest BCUT2D eigenvalue weighted by Crippen LogP contribution is 2.52. The fourth-order valence-electron chi connectivity index (χ4n) is 3.31. The van der Waals surface area contributed by atoms with E-state index < -0.39 is 11.9 Å². The highest BCUT2D eigenvalue weighted by molar-refractivity contribution is 5.86. The van der Waals surface area contributed by atoms with Gasteiger partial charge in [-0.2, -0.15) is 0 Å². The van der Waals surface area contributed by atoms with Gasteiger partial charge in [0.25, 0.3) is 0 Å². The Hall–Kier alpha value is -1.32. The van der Waals surface area contributed by atoms with Crippen LogP contribution in [0.25, 0.3) is 0 Å². The summed E-state index contributed by atoms with van der Waals surface area (Å²) in [6.45, 7) is 3.95. The molecule has 0 aromatic carbocycles. The van der Waals surface area contributed by atoms with Crippen LogP contribution in [-0.2, 0) is 9.59 Å². The van der Waals surface area contributed by atoms with E-state index in [9.17, 15) is 14.7 Å². The molecule has 1 amide bonds. The number of hydrogen-bond donors (Lipinski definition) is 2. The summed E-state index contributed by atoms with van der Waals surface area (Å²) in [5.41, 5.74) is 0. The predicted octanol–water partition coefficient (Wildman–Crippen LogP) is 1.04. The van der Waals surface area contributed by atoms with Crippen molar-refractivity contribution in [2.24, 2.45) is 23.7 Å². The summed E-state index contributed by atoms with van der Waals surface area (Å²) in [6, 6.07) is 0. The predicted molar refractivity (Wildman–Crippen MR) is 58.7 cm³/mol. The molecule has 4 heteroatoms. The largest absolute Gasteiger partial charge is 0.481 e. The summed E-state index contributed by atoms with van der Waals surface area (Å²) >= 11 is 0. The van der Waals surface area contributed by atoms with Gasteiger partial charge in [-0.15, -0.1) is 6.58 Å². The van der Waals surface area contributed by atoms with Crippen LogP contribution in [0.3, 0.4) is 0 Å². The Kier molecular flexibility index (Phi) is 2.99. The van der Waals surface area contributed by atoms with Crippen LogP contribution in [0.15, 0.2) is 12.7 Å². The summed E-state index contributed by atoms with van der Waals surface area (Å²) < 4.78 is 0. The number of carboxylic acids is 1. The highest BCUT2D eigenvalue weighted by Gasteiger charge is 2.53. The number of carbonyl (C=O) groups is 2. The number of aliphatic carboxylic acids is 1. The quantitative estimate of drug-likeness (QED) is 0.700. The van der Waals surface area contributed by atoms with Gasteiger partial charge in [0.1, 0.15) is 0 Å². The molecule has 0 aromatic rings. The molecule has 0 aromatic heterocycles. The summed E-state index contributed by atoms with van der Waals surface area (Å²) in [4.78, 5) is 23.1. The van der Waals surface area contributed by atoms with Crippen molar-refractivity contribution in [1.29, 1.82) is 0 Å². The van der Waals surface area contributed by atoms with E-state index in [4.69, 9.17) is 0 Å². The van der Waals surface area contributed by atoms with Crippen LogP contribution in [0.1, 0.15) is 19.3 Å². The zero-order valence-corrected chi connectivity index (χ0v) is 9.19. The minimum absolute atomic E-state index is 0.112. The van der Waals surface area contributed by atoms with Gasteiger partial charge in [0, 0.05) is 6.54 Å². The van der Waals surface area contributed by atoms with E-state index in [-0.39, 0.29) is 23.7 Å². The second kappa shape index (κ2) is 4.28. The van der Waals surface area contributed by atoms with Gasteiger partial charge in [-0.1, -0.05) is 6.08 Å². The summed E-state index contributed by atoms with van der Waals surface area (Å²) in [5.74, 6) is -1.23. The van der Waals surface area contributed by atoms with Gasteiger partial charge in [-0.25, -0.2) is 0 Å². The minimum atomic E-state index is -0.814. The average Bonchev–Trinajstić information content (AvgIpc) is 2.84. The van der Waals surface area contributed by atoms with Gasteiger partial charge in [0.05, 0.1) is 11.8 Å². The fraction of sp³-hybridized carbons (Fsp3) is 0.667. The third kappa shape index (κ3) is 1.72.